The highest BCUT2D eigenvalue weighted by atomic mass is 16.5. The van der Waals surface area contributed by atoms with Crippen LogP contribution < -0.4 is 15.4 Å². The maximum absolute atomic E-state index is 11.9. The summed E-state index contributed by atoms with van der Waals surface area (Å²) < 4.78 is 5.30. The lowest BCUT2D eigenvalue weighted by Crippen LogP contribution is -2.21. The molecule has 2 rings (SSSR count). The molecule has 0 aliphatic rings. The van der Waals surface area contributed by atoms with E-state index >= 15 is 0 Å². The minimum absolute atomic E-state index is 0.0155. The van der Waals surface area contributed by atoms with Crippen LogP contribution in [0.25, 0.3) is 0 Å². The molecule has 0 unspecified atom stereocenters. The Labute approximate surface area is 137 Å². The van der Waals surface area contributed by atoms with E-state index in [1.165, 1.54) is 5.56 Å². The fourth-order valence-electron chi connectivity index (χ4n) is 2.32. The lowest BCUT2D eigenvalue weighted by molar-refractivity contribution is -0.116. The van der Waals surface area contributed by atoms with Crippen LogP contribution in [0.3, 0.4) is 0 Å². The predicted molar refractivity (Wildman–Crippen MR) is 93.8 cm³/mol. The number of benzene rings is 2. The van der Waals surface area contributed by atoms with Crippen molar-refractivity contribution in [3.05, 3.63) is 59.7 Å². The van der Waals surface area contributed by atoms with Crippen LogP contribution in [0.5, 0.6) is 5.75 Å². The van der Waals surface area contributed by atoms with Gasteiger partial charge in [-0.15, -0.1) is 0 Å². The largest absolute Gasteiger partial charge is 0.496 e. The summed E-state index contributed by atoms with van der Waals surface area (Å²) in [5.74, 6) is 0.877. The lowest BCUT2D eigenvalue weighted by atomic mass is 10.1. The van der Waals surface area contributed by atoms with E-state index in [0.29, 0.717) is 19.5 Å². The van der Waals surface area contributed by atoms with Gasteiger partial charge in [-0.25, -0.2) is 0 Å². The number of amides is 1. The molecule has 23 heavy (non-hydrogen) atoms. The molecule has 0 bridgehead atoms. The Kier molecular flexibility index (Phi) is 6.63. The first-order chi connectivity index (χ1) is 11.2. The van der Waals surface area contributed by atoms with Gasteiger partial charge in [0.2, 0.25) is 5.91 Å². The molecule has 1 amide bonds. The number of para-hydroxylation sites is 1. The number of hydrogen-bond acceptors (Lipinski definition) is 3. The number of ether oxygens (including phenoxy) is 1. The summed E-state index contributed by atoms with van der Waals surface area (Å²) in [6.45, 7) is 3.42. The average Bonchev–Trinajstić information content (AvgIpc) is 2.59. The number of carbonyl (C=O) groups excluding carboxylic acids is 1. The molecule has 2 aromatic carbocycles. The standard InChI is InChI=1S/C19H24N2O2/c1-3-15-8-10-17(11-9-15)21-19(22)12-13-20-14-16-6-4-5-7-18(16)23-2/h4-11,20H,3,12-14H2,1-2H3,(H,21,22). The van der Waals surface area contributed by atoms with Gasteiger partial charge < -0.3 is 15.4 Å². The van der Waals surface area contributed by atoms with E-state index in [1.807, 2.05) is 48.5 Å². The van der Waals surface area contributed by atoms with Crippen LogP contribution in [0, 0.1) is 0 Å². The van der Waals surface area contributed by atoms with Crippen LogP contribution in [-0.4, -0.2) is 19.6 Å². The van der Waals surface area contributed by atoms with Crippen molar-refractivity contribution in [1.29, 1.82) is 0 Å². The molecule has 0 spiro atoms. The molecular weight excluding hydrogens is 288 g/mol. The van der Waals surface area contributed by atoms with Crippen LogP contribution >= 0.6 is 0 Å². The molecule has 0 aromatic heterocycles. The summed E-state index contributed by atoms with van der Waals surface area (Å²) in [5, 5.41) is 6.18. The molecule has 0 fully saturated rings. The zero-order chi connectivity index (χ0) is 16.5. The van der Waals surface area contributed by atoms with Crippen LogP contribution in [0.4, 0.5) is 5.69 Å². The Balaban J connectivity index is 1.72. The van der Waals surface area contributed by atoms with Crippen molar-refractivity contribution in [2.45, 2.75) is 26.3 Å². The van der Waals surface area contributed by atoms with Gasteiger partial charge in [0.15, 0.2) is 0 Å². The van der Waals surface area contributed by atoms with Gasteiger partial charge in [-0.1, -0.05) is 37.3 Å². The van der Waals surface area contributed by atoms with E-state index in [-0.39, 0.29) is 5.91 Å². The fraction of sp³-hybridized carbons (Fsp3) is 0.316. The number of rotatable bonds is 8. The van der Waals surface area contributed by atoms with E-state index in [0.717, 1.165) is 23.4 Å². The molecule has 0 aliphatic carbocycles. The monoisotopic (exact) mass is 312 g/mol. The van der Waals surface area contributed by atoms with Gasteiger partial charge in [0, 0.05) is 30.8 Å². The van der Waals surface area contributed by atoms with Crippen molar-refractivity contribution >= 4 is 11.6 Å². The maximum atomic E-state index is 11.9. The summed E-state index contributed by atoms with van der Waals surface area (Å²) >= 11 is 0. The van der Waals surface area contributed by atoms with Gasteiger partial charge >= 0.3 is 0 Å². The number of carbonyl (C=O) groups is 1. The number of aryl methyl sites for hydroxylation is 1. The molecule has 4 nitrogen and oxygen atoms in total. The molecule has 0 atom stereocenters. The first kappa shape index (κ1) is 17.0. The first-order valence-corrected chi connectivity index (χ1v) is 7.94. The topological polar surface area (TPSA) is 50.4 Å². The van der Waals surface area contributed by atoms with Gasteiger partial charge in [-0.3, -0.25) is 4.79 Å². The zero-order valence-corrected chi connectivity index (χ0v) is 13.8. The predicted octanol–water partition coefficient (Wildman–Crippen LogP) is 3.38. The molecule has 0 radical (unpaired) electrons. The van der Waals surface area contributed by atoms with Gasteiger partial charge in [-0.05, 0) is 30.2 Å². The van der Waals surface area contributed by atoms with Gasteiger partial charge in [-0.2, -0.15) is 0 Å². The third-order valence-electron chi connectivity index (χ3n) is 3.68. The van der Waals surface area contributed by atoms with Gasteiger partial charge in [0.25, 0.3) is 0 Å². The summed E-state index contributed by atoms with van der Waals surface area (Å²) in [6.07, 6.45) is 1.44. The van der Waals surface area contributed by atoms with Crippen molar-refractivity contribution in [3.63, 3.8) is 0 Å². The van der Waals surface area contributed by atoms with Crippen molar-refractivity contribution in [3.8, 4) is 5.75 Å². The highest BCUT2D eigenvalue weighted by Gasteiger charge is 2.04. The van der Waals surface area contributed by atoms with Gasteiger partial charge in [0.1, 0.15) is 5.75 Å². The summed E-state index contributed by atoms with van der Waals surface area (Å²) in [6, 6.07) is 15.8. The highest BCUT2D eigenvalue weighted by molar-refractivity contribution is 5.90. The lowest BCUT2D eigenvalue weighted by Gasteiger charge is -2.10. The zero-order valence-electron chi connectivity index (χ0n) is 13.8. The van der Waals surface area contributed by atoms with E-state index in [2.05, 4.69) is 17.6 Å². The quantitative estimate of drug-likeness (QED) is 0.735. The Hall–Kier alpha value is -2.33. The van der Waals surface area contributed by atoms with Crippen molar-refractivity contribution in [2.75, 3.05) is 19.0 Å². The molecule has 0 heterocycles. The Bertz CT molecular complexity index is 624. The van der Waals surface area contributed by atoms with E-state index in [1.54, 1.807) is 7.11 Å². The molecular formula is C19H24N2O2. The SMILES string of the molecule is CCc1ccc(NC(=O)CCNCc2ccccc2OC)cc1. The van der Waals surface area contributed by atoms with Crippen LogP contribution in [-0.2, 0) is 17.8 Å². The molecule has 0 saturated carbocycles. The van der Waals surface area contributed by atoms with Crippen LogP contribution in [0.1, 0.15) is 24.5 Å². The third kappa shape index (κ3) is 5.42. The van der Waals surface area contributed by atoms with Crippen molar-refractivity contribution in [1.82, 2.24) is 5.32 Å². The molecule has 2 N–H and O–H groups in total. The van der Waals surface area contributed by atoms with Crippen molar-refractivity contribution in [2.24, 2.45) is 0 Å². The molecule has 122 valence electrons. The third-order valence-corrected chi connectivity index (χ3v) is 3.68. The van der Waals surface area contributed by atoms with Gasteiger partial charge in [0.05, 0.1) is 7.11 Å². The number of methoxy groups -OCH3 is 1. The maximum Gasteiger partial charge on any atom is 0.225 e. The smallest absolute Gasteiger partial charge is 0.225 e. The van der Waals surface area contributed by atoms with Crippen molar-refractivity contribution < 1.29 is 9.53 Å². The van der Waals surface area contributed by atoms with Crippen LogP contribution in [0.15, 0.2) is 48.5 Å². The normalized spacial score (nSPS) is 10.3. The molecule has 2 aromatic rings. The number of anilines is 1. The Morgan fingerprint density at radius 3 is 2.52 bits per heavy atom. The Morgan fingerprint density at radius 1 is 1.09 bits per heavy atom. The Morgan fingerprint density at radius 2 is 1.83 bits per heavy atom. The average molecular weight is 312 g/mol. The summed E-state index contributed by atoms with van der Waals surface area (Å²) in [4.78, 5) is 11.9. The fourth-order valence-corrected chi connectivity index (χ4v) is 2.32. The molecule has 4 heteroatoms. The first-order valence-electron chi connectivity index (χ1n) is 7.94. The van der Waals surface area contributed by atoms with E-state index in [4.69, 9.17) is 4.74 Å². The second-order valence-electron chi connectivity index (χ2n) is 5.34. The second-order valence-corrected chi connectivity index (χ2v) is 5.34. The summed E-state index contributed by atoms with van der Waals surface area (Å²) in [5.41, 5.74) is 3.20. The van der Waals surface area contributed by atoms with Crippen LogP contribution in [0.2, 0.25) is 0 Å². The second kappa shape index (κ2) is 8.96. The van der Waals surface area contributed by atoms with E-state index in [9.17, 15) is 4.79 Å². The number of hydrogen-bond donors (Lipinski definition) is 2. The highest BCUT2D eigenvalue weighted by Crippen LogP contribution is 2.16. The minimum Gasteiger partial charge on any atom is -0.496 e. The number of nitrogens with one attached hydrogen (secondary N) is 2. The summed E-state index contributed by atoms with van der Waals surface area (Å²) in [7, 11) is 1.66. The minimum atomic E-state index is 0.0155. The molecule has 0 aliphatic heterocycles. The molecule has 0 saturated heterocycles. The van der Waals surface area contributed by atoms with E-state index < -0.39 is 0 Å².